The molecule has 0 amide bonds. The molecule has 64 valence electrons. The highest BCUT2D eigenvalue weighted by atomic mass is 35.5. The van der Waals surface area contributed by atoms with E-state index in [0.717, 1.165) is 0 Å². The molecule has 1 atom stereocenters. The molecule has 0 rings (SSSR count). The van der Waals surface area contributed by atoms with E-state index in [-0.39, 0.29) is 25.4 Å². The maximum Gasteiger partial charge on any atom is 0.107 e. The van der Waals surface area contributed by atoms with Gasteiger partial charge in [0.15, 0.2) is 0 Å². The van der Waals surface area contributed by atoms with Crippen LogP contribution in [0.4, 0.5) is 4.39 Å². The van der Waals surface area contributed by atoms with Crippen molar-refractivity contribution in [2.75, 3.05) is 6.61 Å². The van der Waals surface area contributed by atoms with Crippen molar-refractivity contribution in [2.24, 2.45) is 5.73 Å². The van der Waals surface area contributed by atoms with Crippen molar-refractivity contribution in [1.29, 1.82) is 0 Å². The smallest absolute Gasteiger partial charge is 0.107 e. The Balaban J connectivity index is 0. The van der Waals surface area contributed by atoms with Gasteiger partial charge in [-0.2, -0.15) is 0 Å². The van der Waals surface area contributed by atoms with Gasteiger partial charge in [-0.15, -0.1) is 12.4 Å². The highest BCUT2D eigenvalue weighted by Gasteiger charge is 2.18. The molecule has 0 spiro atoms. The SMILES string of the molecule is CC(C)(F)CC(N)CO.Cl. The quantitative estimate of drug-likeness (QED) is 0.662. The van der Waals surface area contributed by atoms with Crippen LogP contribution in [0.5, 0.6) is 0 Å². The molecule has 0 aliphatic rings. The van der Waals surface area contributed by atoms with Crippen LogP contribution in [-0.4, -0.2) is 23.4 Å². The minimum Gasteiger partial charge on any atom is -0.395 e. The first-order chi connectivity index (χ1) is 3.95. The summed E-state index contributed by atoms with van der Waals surface area (Å²) >= 11 is 0. The summed E-state index contributed by atoms with van der Waals surface area (Å²) in [7, 11) is 0. The van der Waals surface area contributed by atoms with Gasteiger partial charge in [-0.1, -0.05) is 0 Å². The van der Waals surface area contributed by atoms with Gasteiger partial charge < -0.3 is 10.8 Å². The molecule has 0 radical (unpaired) electrons. The number of alkyl halides is 1. The van der Waals surface area contributed by atoms with Gasteiger partial charge in [-0.25, -0.2) is 4.39 Å². The molecule has 0 saturated heterocycles. The van der Waals surface area contributed by atoms with E-state index in [9.17, 15) is 4.39 Å². The Morgan fingerprint density at radius 1 is 1.60 bits per heavy atom. The van der Waals surface area contributed by atoms with Crippen LogP contribution in [0, 0.1) is 0 Å². The fourth-order valence-corrected chi connectivity index (χ4v) is 0.688. The molecule has 0 aliphatic heterocycles. The summed E-state index contributed by atoms with van der Waals surface area (Å²) in [6, 6.07) is -0.426. The van der Waals surface area contributed by atoms with Gasteiger partial charge >= 0.3 is 0 Å². The highest BCUT2D eigenvalue weighted by molar-refractivity contribution is 5.85. The average Bonchev–Trinajstić information content (AvgIpc) is 1.62. The molecule has 4 heteroatoms. The average molecular weight is 172 g/mol. The standard InChI is InChI=1S/C6H14FNO.ClH/c1-6(2,7)3-5(8)4-9;/h5,9H,3-4,8H2,1-2H3;1H. The number of aliphatic hydroxyl groups excluding tert-OH is 1. The Morgan fingerprint density at radius 2 is 2.00 bits per heavy atom. The van der Waals surface area contributed by atoms with Crippen molar-refractivity contribution in [3.05, 3.63) is 0 Å². The van der Waals surface area contributed by atoms with Crippen LogP contribution in [0.15, 0.2) is 0 Å². The summed E-state index contributed by atoms with van der Waals surface area (Å²) in [6.45, 7) is 2.75. The molecule has 0 aromatic rings. The molecule has 1 unspecified atom stereocenters. The van der Waals surface area contributed by atoms with Gasteiger partial charge in [0.1, 0.15) is 5.67 Å². The fourth-order valence-electron chi connectivity index (χ4n) is 0.688. The molecule has 10 heavy (non-hydrogen) atoms. The topological polar surface area (TPSA) is 46.2 Å². The van der Waals surface area contributed by atoms with E-state index in [1.165, 1.54) is 13.8 Å². The third-order valence-electron chi connectivity index (χ3n) is 0.982. The van der Waals surface area contributed by atoms with Gasteiger partial charge in [0.2, 0.25) is 0 Å². The van der Waals surface area contributed by atoms with Crippen molar-refractivity contribution in [3.8, 4) is 0 Å². The first-order valence-electron chi connectivity index (χ1n) is 3.01. The van der Waals surface area contributed by atoms with Crippen molar-refractivity contribution in [1.82, 2.24) is 0 Å². The Morgan fingerprint density at radius 3 is 2.10 bits per heavy atom. The maximum absolute atomic E-state index is 12.6. The van der Waals surface area contributed by atoms with Crippen LogP contribution in [0.25, 0.3) is 0 Å². The largest absolute Gasteiger partial charge is 0.395 e. The number of rotatable bonds is 3. The number of hydrogen-bond acceptors (Lipinski definition) is 2. The normalized spacial score (nSPS) is 14.1. The fraction of sp³-hybridized carbons (Fsp3) is 1.00. The third-order valence-corrected chi connectivity index (χ3v) is 0.982. The van der Waals surface area contributed by atoms with Gasteiger partial charge in [-0.3, -0.25) is 0 Å². The predicted molar refractivity (Wildman–Crippen MR) is 42.1 cm³/mol. The molecule has 0 saturated carbocycles. The Hall–Kier alpha value is 0.140. The zero-order valence-corrected chi connectivity index (χ0v) is 7.12. The van der Waals surface area contributed by atoms with Gasteiger partial charge in [-0.05, 0) is 20.3 Å². The molecule has 0 bridgehead atoms. The Kier molecular flexibility index (Phi) is 6.24. The minimum absolute atomic E-state index is 0. The summed E-state index contributed by atoms with van der Waals surface area (Å²) in [5, 5.41) is 8.41. The summed E-state index contributed by atoms with van der Waals surface area (Å²) in [5.74, 6) is 0. The zero-order chi connectivity index (χ0) is 7.49. The second kappa shape index (κ2) is 4.88. The second-order valence-electron chi connectivity index (χ2n) is 2.87. The summed E-state index contributed by atoms with van der Waals surface area (Å²) < 4.78 is 12.6. The lowest BCUT2D eigenvalue weighted by Crippen LogP contribution is -2.31. The number of aliphatic hydroxyl groups is 1. The predicted octanol–water partition coefficient (Wildman–Crippen LogP) is 0.866. The van der Waals surface area contributed by atoms with E-state index in [1.54, 1.807) is 0 Å². The van der Waals surface area contributed by atoms with Gasteiger partial charge in [0.05, 0.1) is 6.61 Å². The van der Waals surface area contributed by atoms with Crippen LogP contribution in [-0.2, 0) is 0 Å². The third kappa shape index (κ3) is 8.14. The number of nitrogens with two attached hydrogens (primary N) is 1. The molecule has 0 aromatic carbocycles. The number of hydrogen-bond donors (Lipinski definition) is 2. The summed E-state index contributed by atoms with van der Waals surface area (Å²) in [6.07, 6.45) is 0.212. The highest BCUT2D eigenvalue weighted by Crippen LogP contribution is 2.14. The second-order valence-corrected chi connectivity index (χ2v) is 2.87. The lowest BCUT2D eigenvalue weighted by molar-refractivity contribution is 0.159. The lowest BCUT2D eigenvalue weighted by atomic mass is 10.0. The van der Waals surface area contributed by atoms with E-state index in [4.69, 9.17) is 10.8 Å². The van der Waals surface area contributed by atoms with Crippen LogP contribution in [0.2, 0.25) is 0 Å². The molecule has 2 nitrogen and oxygen atoms in total. The molecule has 0 fully saturated rings. The molecule has 0 aromatic heterocycles. The van der Waals surface area contributed by atoms with E-state index in [2.05, 4.69) is 0 Å². The van der Waals surface area contributed by atoms with Crippen LogP contribution in [0.1, 0.15) is 20.3 Å². The van der Waals surface area contributed by atoms with Crippen molar-refractivity contribution >= 4 is 12.4 Å². The van der Waals surface area contributed by atoms with Crippen LogP contribution in [0.3, 0.4) is 0 Å². The molecular weight excluding hydrogens is 157 g/mol. The lowest BCUT2D eigenvalue weighted by Gasteiger charge is -2.17. The summed E-state index contributed by atoms with van der Waals surface area (Å²) in [5.41, 5.74) is 4.01. The molecular formula is C6H15ClFNO. The Labute approximate surface area is 67.0 Å². The van der Waals surface area contributed by atoms with E-state index in [1.807, 2.05) is 0 Å². The van der Waals surface area contributed by atoms with Crippen molar-refractivity contribution in [2.45, 2.75) is 32.0 Å². The monoisotopic (exact) mass is 171 g/mol. The first kappa shape index (κ1) is 12.8. The van der Waals surface area contributed by atoms with Gasteiger partial charge in [0, 0.05) is 6.04 Å². The van der Waals surface area contributed by atoms with Gasteiger partial charge in [0.25, 0.3) is 0 Å². The van der Waals surface area contributed by atoms with E-state index in [0.29, 0.717) is 0 Å². The first-order valence-corrected chi connectivity index (χ1v) is 3.01. The van der Waals surface area contributed by atoms with E-state index < -0.39 is 11.7 Å². The van der Waals surface area contributed by atoms with Crippen molar-refractivity contribution in [3.63, 3.8) is 0 Å². The van der Waals surface area contributed by atoms with Crippen LogP contribution < -0.4 is 5.73 Å². The van der Waals surface area contributed by atoms with Crippen LogP contribution >= 0.6 is 12.4 Å². The number of halogens is 2. The van der Waals surface area contributed by atoms with E-state index >= 15 is 0 Å². The minimum atomic E-state index is -1.26. The molecule has 0 heterocycles. The van der Waals surface area contributed by atoms with Crippen molar-refractivity contribution < 1.29 is 9.50 Å². The zero-order valence-electron chi connectivity index (χ0n) is 6.30. The Bertz CT molecular complexity index is 84.3. The molecule has 3 N–H and O–H groups in total. The maximum atomic E-state index is 12.6. The summed E-state index contributed by atoms with van der Waals surface area (Å²) in [4.78, 5) is 0. The molecule has 0 aliphatic carbocycles.